The molecule has 0 aliphatic rings. The summed E-state index contributed by atoms with van der Waals surface area (Å²) in [4.78, 5) is 0. The molecule has 0 bridgehead atoms. The summed E-state index contributed by atoms with van der Waals surface area (Å²) in [5.41, 5.74) is 0. The van der Waals surface area contributed by atoms with Crippen LogP contribution >= 0.6 is 0 Å². The van der Waals surface area contributed by atoms with Crippen LogP contribution in [0, 0.1) is 0 Å². The Bertz CT molecular complexity index is 8.00. The van der Waals surface area contributed by atoms with Gasteiger partial charge >= 0.3 is 66.8 Å². The van der Waals surface area contributed by atoms with E-state index in [1.807, 2.05) is 0 Å². The second-order valence-electron chi connectivity index (χ2n) is 0. The summed E-state index contributed by atoms with van der Waals surface area (Å²) in [6, 6.07) is 0. The molecule has 0 fully saturated rings. The minimum atomic E-state index is 0. The van der Waals surface area contributed by atoms with Crippen LogP contribution in [0.25, 0.3) is 0 Å². The Morgan fingerprint density at radius 3 is 1.00 bits per heavy atom. The summed E-state index contributed by atoms with van der Waals surface area (Å²) >= 11 is 0. The predicted molar refractivity (Wildman–Crippen MR) is 39.8 cm³/mol. The molecular weight excluding hydrogens is 240 g/mol. The molecular formula is H12AlGaMgSn. The molecule has 0 aliphatic carbocycles. The van der Waals surface area contributed by atoms with Crippen LogP contribution in [-0.4, -0.2) is 84.1 Å². The Hall–Kier alpha value is 2.73. The molecule has 0 spiro atoms. The summed E-state index contributed by atoms with van der Waals surface area (Å²) < 4.78 is 0. The van der Waals surface area contributed by atoms with Gasteiger partial charge in [-0.1, -0.05) is 0 Å². The second kappa shape index (κ2) is 17.2. The van der Waals surface area contributed by atoms with Crippen LogP contribution in [0.5, 0.6) is 0 Å². The first kappa shape index (κ1) is 29.6. The van der Waals surface area contributed by atoms with Gasteiger partial charge in [-0.2, -0.15) is 0 Å². The molecule has 0 aromatic heterocycles. The van der Waals surface area contributed by atoms with Gasteiger partial charge in [0.1, 0.15) is 0 Å². The SMILES string of the molecule is [AlH3].[GaH3].[MgH2].[SnH4]. The maximum atomic E-state index is 0. The fourth-order valence-corrected chi connectivity index (χ4v) is 0. The Morgan fingerprint density at radius 1 is 1.00 bits per heavy atom. The molecule has 4 heavy (non-hydrogen) atoms. The van der Waals surface area contributed by atoms with E-state index in [1.165, 1.54) is 0 Å². The average Bonchev–Trinajstić information content (AvgIpc) is 0. The number of rotatable bonds is 0. The molecule has 0 heterocycles. The maximum absolute atomic E-state index is 0. The van der Waals surface area contributed by atoms with Gasteiger partial charge in [0.25, 0.3) is 0 Å². The van der Waals surface area contributed by atoms with E-state index in [4.69, 9.17) is 0 Å². The average molecular weight is 252 g/mol. The Labute approximate surface area is 82.8 Å². The van der Waals surface area contributed by atoms with Crippen molar-refractivity contribution in [3.63, 3.8) is 0 Å². The van der Waals surface area contributed by atoms with Gasteiger partial charge in [-0.15, -0.1) is 0 Å². The number of hydrogen-bond acceptors (Lipinski definition) is 0. The van der Waals surface area contributed by atoms with Gasteiger partial charge in [-0.25, -0.2) is 0 Å². The van der Waals surface area contributed by atoms with Crippen LogP contribution in [-0.2, 0) is 0 Å². The van der Waals surface area contributed by atoms with E-state index >= 15 is 0 Å². The monoisotopic (exact) mass is 252 g/mol. The molecule has 0 rings (SSSR count). The van der Waals surface area contributed by atoms with Crippen LogP contribution < -0.4 is 0 Å². The van der Waals surface area contributed by atoms with Crippen molar-refractivity contribution in [3.05, 3.63) is 0 Å². The first-order valence-corrected chi connectivity index (χ1v) is 0. The molecule has 0 saturated heterocycles. The third-order valence-corrected chi connectivity index (χ3v) is 0. The van der Waals surface area contributed by atoms with E-state index in [2.05, 4.69) is 0 Å². The van der Waals surface area contributed by atoms with Gasteiger partial charge < -0.3 is 0 Å². The molecule has 0 nitrogen and oxygen atoms in total. The molecule has 0 aromatic carbocycles. The Kier molecular flexibility index (Phi) is 127. The van der Waals surface area contributed by atoms with Crippen LogP contribution in [0.3, 0.4) is 0 Å². The standard InChI is InChI=1S/Al.Ga.Mg.Sn.12H. The van der Waals surface area contributed by atoms with E-state index in [0.29, 0.717) is 0 Å². The van der Waals surface area contributed by atoms with E-state index in [-0.39, 0.29) is 84.1 Å². The summed E-state index contributed by atoms with van der Waals surface area (Å²) in [6.45, 7) is 0. The van der Waals surface area contributed by atoms with E-state index in [1.54, 1.807) is 0 Å². The van der Waals surface area contributed by atoms with Gasteiger partial charge in [-0.05, 0) is 0 Å². The predicted octanol–water partition coefficient (Wildman–Crippen LogP) is -4.74. The first-order chi connectivity index (χ1) is 0. The summed E-state index contributed by atoms with van der Waals surface area (Å²) in [6.07, 6.45) is 0. The molecule has 0 saturated carbocycles. The minimum absolute atomic E-state index is 0. The van der Waals surface area contributed by atoms with Crippen molar-refractivity contribution in [1.82, 2.24) is 0 Å². The molecule has 0 unspecified atom stereocenters. The first-order valence-electron chi connectivity index (χ1n) is 0. The molecule has 0 aliphatic heterocycles. The zero-order valence-electron chi connectivity index (χ0n) is 0. The van der Waals surface area contributed by atoms with Crippen molar-refractivity contribution in [2.75, 3.05) is 0 Å². The molecule has 0 amide bonds. The van der Waals surface area contributed by atoms with Gasteiger partial charge in [-0.3, -0.25) is 0 Å². The van der Waals surface area contributed by atoms with Crippen LogP contribution in [0.4, 0.5) is 0 Å². The van der Waals surface area contributed by atoms with Crippen molar-refractivity contribution in [1.29, 1.82) is 0 Å². The topological polar surface area (TPSA) is 0 Å². The normalized spacial score (nSPS) is 0. The van der Waals surface area contributed by atoms with Crippen molar-refractivity contribution in [2.45, 2.75) is 0 Å². The van der Waals surface area contributed by atoms with Crippen LogP contribution in [0.1, 0.15) is 0 Å². The van der Waals surface area contributed by atoms with Crippen molar-refractivity contribution in [3.8, 4) is 0 Å². The van der Waals surface area contributed by atoms with Crippen molar-refractivity contribution >= 4 is 84.1 Å². The van der Waals surface area contributed by atoms with Crippen molar-refractivity contribution < 1.29 is 0 Å². The summed E-state index contributed by atoms with van der Waals surface area (Å²) in [5, 5.41) is 0. The van der Waals surface area contributed by atoms with Crippen LogP contribution in [0.15, 0.2) is 0 Å². The van der Waals surface area contributed by atoms with Gasteiger partial charge in [0, 0.05) is 0 Å². The Morgan fingerprint density at radius 2 is 1.00 bits per heavy atom. The van der Waals surface area contributed by atoms with E-state index < -0.39 is 0 Å². The zero-order valence-corrected chi connectivity index (χ0v) is 0. The third kappa shape index (κ3) is 8.83. The summed E-state index contributed by atoms with van der Waals surface area (Å²) in [7, 11) is 0. The molecule has 0 N–H and O–H groups in total. The quantitative estimate of drug-likeness (QED) is 0.380. The fourth-order valence-electron chi connectivity index (χ4n) is 0. The number of hydrogen-bond donors (Lipinski definition) is 0. The van der Waals surface area contributed by atoms with E-state index in [9.17, 15) is 0 Å². The van der Waals surface area contributed by atoms with Gasteiger partial charge in [0.15, 0.2) is 17.4 Å². The van der Waals surface area contributed by atoms with Crippen LogP contribution in [0.2, 0.25) is 0 Å². The molecule has 24 valence electrons. The Balaban J connectivity index is 0. The zero-order chi connectivity index (χ0) is 0. The molecule has 0 radical (unpaired) electrons. The molecule has 0 aromatic rings. The van der Waals surface area contributed by atoms with E-state index in [0.717, 1.165) is 0 Å². The fraction of sp³-hybridized carbons (Fsp3) is 0. The second-order valence-corrected chi connectivity index (χ2v) is 0. The third-order valence-electron chi connectivity index (χ3n) is 0. The van der Waals surface area contributed by atoms with Gasteiger partial charge in [0.05, 0.1) is 0 Å². The van der Waals surface area contributed by atoms with Gasteiger partial charge in [0.2, 0.25) is 0 Å². The molecule has 4 heteroatoms. The van der Waals surface area contributed by atoms with Crippen molar-refractivity contribution in [2.24, 2.45) is 0 Å². The summed E-state index contributed by atoms with van der Waals surface area (Å²) in [5.74, 6) is 0. The molecule has 0 atom stereocenters.